The van der Waals surface area contributed by atoms with Crippen LogP contribution in [-0.4, -0.2) is 135 Å². The zero-order valence-corrected chi connectivity index (χ0v) is 14.8. The molecule has 0 aromatic carbocycles. The van der Waals surface area contributed by atoms with Crippen LogP contribution in [0.25, 0.3) is 0 Å². The van der Waals surface area contributed by atoms with Crippen LogP contribution in [0.1, 0.15) is 0 Å². The first-order valence-corrected chi connectivity index (χ1v) is 3.32. The molecule has 2 unspecified atom stereocenters. The van der Waals surface area contributed by atoms with E-state index in [-0.39, 0.29) is 103 Å². The van der Waals surface area contributed by atoms with Gasteiger partial charge in [0, 0.05) is 103 Å². The van der Waals surface area contributed by atoms with Gasteiger partial charge in [0.2, 0.25) is 0 Å². The molecule has 0 aliphatic rings. The topological polar surface area (TPSA) is 74.6 Å². The second kappa shape index (κ2) is 10.4. The molecule has 0 aliphatic carbocycles. The van der Waals surface area contributed by atoms with Crippen molar-refractivity contribution in [2.75, 3.05) is 0 Å². The van der Waals surface area contributed by atoms with Gasteiger partial charge in [-0.1, -0.05) is 0 Å². The Morgan fingerprint density at radius 3 is 1.17 bits per heavy atom. The molecule has 2 atom stereocenters. The molecule has 0 heterocycles. The zero-order chi connectivity index (χ0) is 8.31. The molecule has 0 fully saturated rings. The van der Waals surface area contributed by atoms with Crippen LogP contribution in [0.5, 0.6) is 0 Å². The van der Waals surface area contributed by atoms with Crippen LogP contribution >= 0.6 is 25.3 Å². The average Bonchev–Trinajstić information content (AvgIpc) is 1.84. The van der Waals surface area contributed by atoms with E-state index in [0.717, 1.165) is 0 Å². The first kappa shape index (κ1) is 20.3. The summed E-state index contributed by atoms with van der Waals surface area (Å²) in [6, 6.07) is 0. The molecular weight excluding hydrogens is 254 g/mol. The van der Waals surface area contributed by atoms with Gasteiger partial charge in [0.05, 0.1) is 0 Å². The van der Waals surface area contributed by atoms with Gasteiger partial charge >= 0.3 is 11.9 Å². The monoisotopic (exact) mass is 260 g/mol. The molecule has 2 N–H and O–H groups in total. The summed E-state index contributed by atoms with van der Waals surface area (Å²) in [5, 5.41) is 13.9. The molecule has 8 heteroatoms. The van der Waals surface area contributed by atoms with Gasteiger partial charge < -0.3 is 10.2 Å². The van der Waals surface area contributed by atoms with Gasteiger partial charge in [0.25, 0.3) is 0 Å². The quantitative estimate of drug-likeness (QED) is 0.387. The van der Waals surface area contributed by atoms with Crippen molar-refractivity contribution in [2.24, 2.45) is 0 Å². The van der Waals surface area contributed by atoms with E-state index in [9.17, 15) is 9.59 Å². The van der Waals surface area contributed by atoms with Crippen molar-refractivity contribution in [3.8, 4) is 0 Å². The molecule has 60 valence electrons. The Bertz CT molecular complexity index is 147. The number of aliphatic carboxylic acids is 2. The van der Waals surface area contributed by atoms with Crippen molar-refractivity contribution in [2.45, 2.75) is 10.5 Å². The van der Waals surface area contributed by atoms with E-state index in [4.69, 9.17) is 10.2 Å². The Morgan fingerprint density at radius 1 is 0.917 bits per heavy atom. The number of hydrogen-bond donors (Lipinski definition) is 4. The van der Waals surface area contributed by atoms with E-state index in [2.05, 4.69) is 25.3 Å². The molecule has 12 heavy (non-hydrogen) atoms. The molecule has 4 nitrogen and oxygen atoms in total. The number of hydrogen-bond acceptors (Lipinski definition) is 4. The molecule has 0 saturated carbocycles. The van der Waals surface area contributed by atoms with E-state index in [1.54, 1.807) is 0 Å². The molecule has 0 saturated heterocycles. The Balaban J connectivity index is -0.000000405. The first-order chi connectivity index (χ1) is 4.46. The summed E-state index contributed by atoms with van der Waals surface area (Å²) in [5.41, 5.74) is 0. The van der Waals surface area contributed by atoms with Crippen molar-refractivity contribution < 1.29 is 19.8 Å². The fourth-order valence-corrected chi connectivity index (χ4v) is 0.525. The Kier molecular flexibility index (Phi) is 17.7. The third-order valence-corrected chi connectivity index (χ3v) is 2.08. The summed E-state index contributed by atoms with van der Waals surface area (Å²) in [6.07, 6.45) is 0. The summed E-state index contributed by atoms with van der Waals surface area (Å²) < 4.78 is 0. The Morgan fingerprint density at radius 2 is 1.08 bits per heavy atom. The summed E-state index contributed by atoms with van der Waals surface area (Å²) in [6.45, 7) is 0. The van der Waals surface area contributed by atoms with E-state index < -0.39 is 22.4 Å². The maximum atomic E-state index is 10.1. The second-order valence-corrected chi connectivity index (χ2v) is 2.68. The molecule has 0 rings (SSSR count). The van der Waals surface area contributed by atoms with Gasteiger partial charge in [-0.2, -0.15) is 25.3 Å². The van der Waals surface area contributed by atoms with E-state index in [1.165, 1.54) is 0 Å². The van der Waals surface area contributed by atoms with Crippen molar-refractivity contribution in [1.82, 2.24) is 0 Å². The molecule has 0 aliphatic heterocycles. The smallest absolute Gasteiger partial charge is 0.318 e. The minimum Gasteiger partial charge on any atom is -0.480 e. The number of carbonyl (C=O) groups is 2. The van der Waals surface area contributed by atoms with Crippen LogP contribution in [-0.2, 0) is 9.59 Å². The van der Waals surface area contributed by atoms with Crippen molar-refractivity contribution in [3.05, 3.63) is 0 Å². The predicted molar refractivity (Wildman–Crippen MR) is 52.3 cm³/mol. The summed E-state index contributed by atoms with van der Waals surface area (Å²) >= 11 is 7.00. The SMILES string of the molecule is O=C(O)C(S)C(S)C(=O)O.[K].[K]. The van der Waals surface area contributed by atoms with Crippen LogP contribution in [0, 0.1) is 0 Å². The number of carboxylic acid groups (broad SMARTS) is 2. The molecule has 2 radical (unpaired) electrons. The first-order valence-electron chi connectivity index (χ1n) is 2.28. The largest absolute Gasteiger partial charge is 0.480 e. The van der Waals surface area contributed by atoms with Crippen molar-refractivity contribution in [3.63, 3.8) is 0 Å². The molecule has 0 spiro atoms. The van der Waals surface area contributed by atoms with Gasteiger partial charge in [-0.3, -0.25) is 9.59 Å². The Hall–Kier alpha value is 2.91. The van der Waals surface area contributed by atoms with Crippen molar-refractivity contribution in [1.29, 1.82) is 0 Å². The number of thiol groups is 2. The van der Waals surface area contributed by atoms with Crippen LogP contribution in [0.2, 0.25) is 0 Å². The predicted octanol–water partition coefficient (Wildman–Crippen LogP) is -1.01. The Labute approximate surface area is 166 Å². The van der Waals surface area contributed by atoms with Crippen LogP contribution in [0.3, 0.4) is 0 Å². The van der Waals surface area contributed by atoms with Gasteiger partial charge in [-0.25, -0.2) is 0 Å². The maximum Gasteiger partial charge on any atom is 0.318 e. The zero-order valence-electron chi connectivity index (χ0n) is 6.76. The fraction of sp³-hybridized carbons (Fsp3) is 0.500. The van der Waals surface area contributed by atoms with E-state index in [1.807, 2.05) is 0 Å². The fourth-order valence-electron chi connectivity index (χ4n) is 0.270. The van der Waals surface area contributed by atoms with Gasteiger partial charge in [-0.15, -0.1) is 0 Å². The standard InChI is InChI=1S/C4H6O4S2.2K/c5-3(6)1(9)2(10)4(7)8;;/h1-2,9-10H,(H,5,6)(H,7,8);;. The molecule has 0 aromatic heterocycles. The summed E-state index contributed by atoms with van der Waals surface area (Å²) in [7, 11) is 0. The molecule has 0 amide bonds. The van der Waals surface area contributed by atoms with Gasteiger partial charge in [-0.05, 0) is 0 Å². The summed E-state index contributed by atoms with van der Waals surface area (Å²) in [4.78, 5) is 20.1. The second-order valence-electron chi connectivity index (χ2n) is 1.57. The molecule has 0 bridgehead atoms. The summed E-state index contributed by atoms with van der Waals surface area (Å²) in [5.74, 6) is -2.57. The molecular formula is C4H6K2O4S2. The average molecular weight is 260 g/mol. The molecule has 0 aromatic rings. The minimum atomic E-state index is -1.29. The number of rotatable bonds is 3. The normalized spacial score (nSPS) is 13.2. The third kappa shape index (κ3) is 8.24. The van der Waals surface area contributed by atoms with Gasteiger partial charge in [0.15, 0.2) is 0 Å². The third-order valence-electron chi connectivity index (χ3n) is 0.805. The van der Waals surface area contributed by atoms with Gasteiger partial charge in [0.1, 0.15) is 10.5 Å². The van der Waals surface area contributed by atoms with Crippen molar-refractivity contribution >= 4 is 140 Å². The minimum absolute atomic E-state index is 0. The van der Waals surface area contributed by atoms with Crippen LogP contribution < -0.4 is 0 Å². The van der Waals surface area contributed by atoms with Crippen LogP contribution in [0.4, 0.5) is 0 Å². The maximum absolute atomic E-state index is 10.1. The van der Waals surface area contributed by atoms with E-state index >= 15 is 0 Å². The van der Waals surface area contributed by atoms with E-state index in [0.29, 0.717) is 0 Å². The number of carboxylic acids is 2. The van der Waals surface area contributed by atoms with Crippen LogP contribution in [0.15, 0.2) is 0 Å².